The predicted octanol–water partition coefficient (Wildman–Crippen LogP) is 1.58. The van der Waals surface area contributed by atoms with E-state index in [-0.39, 0.29) is 6.61 Å². The molecule has 1 atom stereocenters. The molecule has 0 amide bonds. The Morgan fingerprint density at radius 3 is 2.89 bits per heavy atom. The van der Waals surface area contributed by atoms with Crippen molar-refractivity contribution in [1.82, 2.24) is 4.90 Å². The number of nitriles is 1. The van der Waals surface area contributed by atoms with Gasteiger partial charge in [-0.25, -0.2) is 0 Å². The number of benzene rings is 1. The molecule has 1 aliphatic heterocycles. The van der Waals surface area contributed by atoms with Gasteiger partial charge in [0.25, 0.3) is 0 Å². The number of rotatable bonds is 3. The minimum absolute atomic E-state index is 0.0186. The van der Waals surface area contributed by atoms with Crippen LogP contribution < -0.4 is 4.90 Å². The van der Waals surface area contributed by atoms with Crippen LogP contribution in [0.4, 0.5) is 5.69 Å². The van der Waals surface area contributed by atoms with Gasteiger partial charge in [0.2, 0.25) is 0 Å². The van der Waals surface area contributed by atoms with Gasteiger partial charge in [0.1, 0.15) is 6.07 Å². The molecular formula is C15H21N3O. The van der Waals surface area contributed by atoms with E-state index in [2.05, 4.69) is 30.0 Å². The highest BCUT2D eigenvalue weighted by Crippen LogP contribution is 2.26. The smallest absolute Gasteiger partial charge is 0.101 e. The fourth-order valence-electron chi connectivity index (χ4n) is 2.64. The quantitative estimate of drug-likeness (QED) is 0.895. The molecule has 19 heavy (non-hydrogen) atoms. The molecular weight excluding hydrogens is 238 g/mol. The van der Waals surface area contributed by atoms with Gasteiger partial charge in [0, 0.05) is 19.1 Å². The number of hydrogen-bond acceptors (Lipinski definition) is 4. The molecule has 1 heterocycles. The second-order valence-corrected chi connectivity index (χ2v) is 5.33. The van der Waals surface area contributed by atoms with E-state index < -0.39 is 0 Å². The average Bonchev–Trinajstić information content (AvgIpc) is 2.46. The van der Waals surface area contributed by atoms with E-state index in [1.54, 1.807) is 6.07 Å². The summed E-state index contributed by atoms with van der Waals surface area (Å²) in [6.07, 6.45) is 2.36. The molecule has 0 spiro atoms. The lowest BCUT2D eigenvalue weighted by atomic mass is 10.0. The molecule has 0 bridgehead atoms. The maximum absolute atomic E-state index is 9.28. The van der Waals surface area contributed by atoms with E-state index in [0.29, 0.717) is 11.6 Å². The molecule has 0 saturated carbocycles. The number of anilines is 1. The Labute approximate surface area is 114 Å². The highest BCUT2D eigenvalue weighted by molar-refractivity contribution is 5.60. The molecule has 4 heteroatoms. The molecule has 1 N–H and O–H groups in total. The molecule has 4 nitrogen and oxygen atoms in total. The predicted molar refractivity (Wildman–Crippen MR) is 76.0 cm³/mol. The minimum atomic E-state index is -0.0186. The normalized spacial score (nSPS) is 19.5. The van der Waals surface area contributed by atoms with Gasteiger partial charge in [-0.05, 0) is 44.6 Å². The van der Waals surface area contributed by atoms with Crippen LogP contribution in [0.3, 0.4) is 0 Å². The molecule has 1 unspecified atom stereocenters. The Bertz CT molecular complexity index is 479. The van der Waals surface area contributed by atoms with Crippen molar-refractivity contribution in [2.45, 2.75) is 25.5 Å². The summed E-state index contributed by atoms with van der Waals surface area (Å²) < 4.78 is 0. The third-order valence-corrected chi connectivity index (χ3v) is 3.83. The summed E-state index contributed by atoms with van der Waals surface area (Å²) in [5.41, 5.74) is 2.44. The Hall–Kier alpha value is -1.57. The van der Waals surface area contributed by atoms with E-state index in [4.69, 9.17) is 5.11 Å². The van der Waals surface area contributed by atoms with Crippen LogP contribution in [-0.4, -0.2) is 43.2 Å². The topological polar surface area (TPSA) is 50.5 Å². The van der Waals surface area contributed by atoms with Gasteiger partial charge in [-0.3, -0.25) is 0 Å². The summed E-state index contributed by atoms with van der Waals surface area (Å²) in [7, 11) is 4.21. The van der Waals surface area contributed by atoms with Crippen LogP contribution >= 0.6 is 0 Å². The Morgan fingerprint density at radius 2 is 2.26 bits per heavy atom. The monoisotopic (exact) mass is 259 g/mol. The number of aliphatic hydroxyl groups is 1. The first-order valence-corrected chi connectivity index (χ1v) is 6.71. The van der Waals surface area contributed by atoms with Gasteiger partial charge in [0.05, 0.1) is 17.9 Å². The fourth-order valence-corrected chi connectivity index (χ4v) is 2.64. The van der Waals surface area contributed by atoms with Crippen molar-refractivity contribution >= 4 is 5.69 Å². The lowest BCUT2D eigenvalue weighted by Gasteiger charge is -2.37. The van der Waals surface area contributed by atoms with Gasteiger partial charge >= 0.3 is 0 Å². The number of likely N-dealkylation sites (N-methyl/N-ethyl adjacent to an activating group) is 1. The van der Waals surface area contributed by atoms with E-state index in [1.807, 2.05) is 12.1 Å². The molecule has 1 aromatic rings. The van der Waals surface area contributed by atoms with Crippen molar-refractivity contribution in [1.29, 1.82) is 5.26 Å². The summed E-state index contributed by atoms with van der Waals surface area (Å²) in [6, 6.07) is 8.43. The molecule has 1 aromatic carbocycles. The third kappa shape index (κ3) is 3.06. The van der Waals surface area contributed by atoms with Crippen LogP contribution in [-0.2, 0) is 6.61 Å². The lowest BCUT2D eigenvalue weighted by Crippen LogP contribution is -2.45. The van der Waals surface area contributed by atoms with Crippen molar-refractivity contribution in [3.8, 4) is 6.07 Å². The van der Waals surface area contributed by atoms with Crippen molar-refractivity contribution < 1.29 is 5.11 Å². The summed E-state index contributed by atoms with van der Waals surface area (Å²) in [6.45, 7) is 1.94. The van der Waals surface area contributed by atoms with Gasteiger partial charge in [-0.1, -0.05) is 6.07 Å². The highest BCUT2D eigenvalue weighted by Gasteiger charge is 2.23. The van der Waals surface area contributed by atoms with Crippen molar-refractivity contribution in [3.05, 3.63) is 29.3 Å². The molecule has 0 aliphatic carbocycles. The Kier molecular flexibility index (Phi) is 4.41. The average molecular weight is 259 g/mol. The van der Waals surface area contributed by atoms with Crippen LogP contribution in [0.15, 0.2) is 18.2 Å². The van der Waals surface area contributed by atoms with E-state index in [9.17, 15) is 5.26 Å². The molecule has 2 rings (SSSR count). The second kappa shape index (κ2) is 6.05. The number of aliphatic hydroxyl groups excluding tert-OH is 1. The summed E-state index contributed by atoms with van der Waals surface area (Å²) in [5, 5.41) is 18.4. The first kappa shape index (κ1) is 13.9. The second-order valence-electron chi connectivity index (χ2n) is 5.33. The standard InChI is InChI=1S/C15H21N3O/c1-17(2)14-4-3-7-18(10-14)15-6-5-12(11-19)8-13(15)9-16/h5-6,8,14,19H,3-4,7,10-11H2,1-2H3. The van der Waals surface area contributed by atoms with Crippen LogP contribution in [0.2, 0.25) is 0 Å². The Balaban J connectivity index is 2.24. The minimum Gasteiger partial charge on any atom is -0.392 e. The third-order valence-electron chi connectivity index (χ3n) is 3.83. The number of hydrogen-bond donors (Lipinski definition) is 1. The van der Waals surface area contributed by atoms with Gasteiger partial charge < -0.3 is 14.9 Å². The molecule has 1 aliphatic rings. The first-order valence-electron chi connectivity index (χ1n) is 6.71. The van der Waals surface area contributed by atoms with Gasteiger partial charge in [-0.2, -0.15) is 5.26 Å². The van der Waals surface area contributed by atoms with E-state index in [0.717, 1.165) is 30.8 Å². The maximum atomic E-state index is 9.28. The lowest BCUT2D eigenvalue weighted by molar-refractivity contribution is 0.258. The Morgan fingerprint density at radius 1 is 1.47 bits per heavy atom. The first-order chi connectivity index (χ1) is 9.15. The van der Waals surface area contributed by atoms with E-state index >= 15 is 0 Å². The highest BCUT2D eigenvalue weighted by atomic mass is 16.3. The van der Waals surface area contributed by atoms with Crippen molar-refractivity contribution in [2.24, 2.45) is 0 Å². The van der Waals surface area contributed by atoms with Crippen LogP contribution in [0.25, 0.3) is 0 Å². The van der Waals surface area contributed by atoms with Crippen LogP contribution in [0.5, 0.6) is 0 Å². The van der Waals surface area contributed by atoms with Crippen molar-refractivity contribution in [2.75, 3.05) is 32.1 Å². The van der Waals surface area contributed by atoms with Crippen LogP contribution in [0, 0.1) is 11.3 Å². The molecule has 102 valence electrons. The summed E-state index contributed by atoms with van der Waals surface area (Å²) in [5.74, 6) is 0. The van der Waals surface area contributed by atoms with Gasteiger partial charge in [-0.15, -0.1) is 0 Å². The van der Waals surface area contributed by atoms with Crippen molar-refractivity contribution in [3.63, 3.8) is 0 Å². The van der Waals surface area contributed by atoms with Gasteiger partial charge in [0.15, 0.2) is 0 Å². The number of nitrogens with zero attached hydrogens (tertiary/aromatic N) is 3. The zero-order valence-corrected chi connectivity index (χ0v) is 11.6. The van der Waals surface area contributed by atoms with E-state index in [1.165, 1.54) is 6.42 Å². The number of piperidine rings is 1. The molecule has 0 radical (unpaired) electrons. The molecule has 0 aromatic heterocycles. The SMILES string of the molecule is CN(C)C1CCCN(c2ccc(CO)cc2C#N)C1. The fraction of sp³-hybridized carbons (Fsp3) is 0.533. The summed E-state index contributed by atoms with van der Waals surface area (Å²) in [4.78, 5) is 4.54. The molecule has 1 fully saturated rings. The zero-order chi connectivity index (χ0) is 13.8. The summed E-state index contributed by atoms with van der Waals surface area (Å²) >= 11 is 0. The zero-order valence-electron chi connectivity index (χ0n) is 11.6. The van der Waals surface area contributed by atoms with Crippen LogP contribution in [0.1, 0.15) is 24.0 Å². The maximum Gasteiger partial charge on any atom is 0.101 e. The molecule has 1 saturated heterocycles. The largest absolute Gasteiger partial charge is 0.392 e.